The van der Waals surface area contributed by atoms with Gasteiger partial charge in [-0.25, -0.2) is 4.98 Å². The average molecular weight is 412 g/mol. The predicted molar refractivity (Wildman–Crippen MR) is 116 cm³/mol. The number of benzene rings is 2. The largest absolute Gasteiger partial charge is 0.490 e. The van der Waals surface area contributed by atoms with Crippen LogP contribution < -0.4 is 14.8 Å². The van der Waals surface area contributed by atoms with E-state index in [1.807, 2.05) is 50.4 Å². The second-order valence-electron chi connectivity index (χ2n) is 6.10. The van der Waals surface area contributed by atoms with Gasteiger partial charge in [0.2, 0.25) is 0 Å². The van der Waals surface area contributed by atoms with Gasteiger partial charge in [0, 0.05) is 17.9 Å². The number of H-pyrrole nitrogens is 1. The third-order valence-electron chi connectivity index (χ3n) is 4.07. The van der Waals surface area contributed by atoms with Crippen LogP contribution in [0.4, 0.5) is 0 Å². The average Bonchev–Trinajstić information content (AvgIpc) is 3.22. The Morgan fingerprint density at radius 2 is 1.83 bits per heavy atom. The van der Waals surface area contributed by atoms with E-state index in [9.17, 15) is 4.79 Å². The number of aromatic amines is 1. The standard InChI is InChI=1S/C22H25N3O3S/c1-3-27-19-11-10-17(14-20(19)28-4-2)21(26)23-12-13-29-22-24-15-18(25-22)16-8-6-5-7-9-16/h5-11,14-15H,3-4,12-13H2,1-2H3,(H,23,26)(H,24,25). The van der Waals surface area contributed by atoms with Crippen LogP contribution in [0.25, 0.3) is 11.3 Å². The monoisotopic (exact) mass is 411 g/mol. The number of imidazole rings is 1. The molecule has 0 saturated heterocycles. The maximum Gasteiger partial charge on any atom is 0.251 e. The fourth-order valence-electron chi connectivity index (χ4n) is 2.75. The zero-order valence-electron chi connectivity index (χ0n) is 16.6. The minimum absolute atomic E-state index is 0.140. The van der Waals surface area contributed by atoms with Gasteiger partial charge in [0.25, 0.3) is 5.91 Å². The molecule has 0 unspecified atom stereocenters. The molecule has 0 saturated carbocycles. The molecule has 2 N–H and O–H groups in total. The van der Waals surface area contributed by atoms with Gasteiger partial charge in [0.15, 0.2) is 16.7 Å². The molecule has 1 heterocycles. The van der Waals surface area contributed by atoms with Crippen LogP contribution >= 0.6 is 11.8 Å². The van der Waals surface area contributed by atoms with Crippen molar-refractivity contribution < 1.29 is 14.3 Å². The van der Waals surface area contributed by atoms with Crippen LogP contribution in [-0.2, 0) is 0 Å². The van der Waals surface area contributed by atoms with Crippen molar-refractivity contribution in [2.75, 3.05) is 25.5 Å². The number of amides is 1. The van der Waals surface area contributed by atoms with E-state index in [1.54, 1.807) is 30.0 Å². The molecule has 29 heavy (non-hydrogen) atoms. The van der Waals surface area contributed by atoms with E-state index in [0.717, 1.165) is 16.4 Å². The zero-order chi connectivity index (χ0) is 20.5. The summed E-state index contributed by atoms with van der Waals surface area (Å²) in [5.74, 6) is 1.80. The minimum atomic E-state index is -0.140. The number of thioether (sulfide) groups is 1. The molecule has 0 spiro atoms. The highest BCUT2D eigenvalue weighted by atomic mass is 32.2. The highest BCUT2D eigenvalue weighted by Crippen LogP contribution is 2.28. The van der Waals surface area contributed by atoms with Crippen LogP contribution in [0.5, 0.6) is 11.5 Å². The molecular formula is C22H25N3O3S. The molecule has 7 heteroatoms. The number of nitrogens with one attached hydrogen (secondary N) is 2. The first-order valence-corrected chi connectivity index (χ1v) is 10.6. The van der Waals surface area contributed by atoms with Gasteiger partial charge in [0.05, 0.1) is 25.1 Å². The van der Waals surface area contributed by atoms with Crippen LogP contribution in [0.1, 0.15) is 24.2 Å². The first kappa shape index (κ1) is 20.8. The van der Waals surface area contributed by atoms with Crippen LogP contribution in [0.15, 0.2) is 59.9 Å². The van der Waals surface area contributed by atoms with E-state index in [-0.39, 0.29) is 5.91 Å². The molecule has 0 aliphatic heterocycles. The van der Waals surface area contributed by atoms with Crippen molar-refractivity contribution >= 4 is 17.7 Å². The molecule has 152 valence electrons. The predicted octanol–water partition coefficient (Wildman–Crippen LogP) is 4.40. The number of carbonyl (C=O) groups is 1. The normalized spacial score (nSPS) is 10.6. The number of hydrogen-bond acceptors (Lipinski definition) is 5. The number of aromatic nitrogens is 2. The summed E-state index contributed by atoms with van der Waals surface area (Å²) in [4.78, 5) is 20.1. The van der Waals surface area contributed by atoms with E-state index >= 15 is 0 Å². The number of carbonyl (C=O) groups excluding carboxylic acids is 1. The van der Waals surface area contributed by atoms with Gasteiger partial charge in [-0.3, -0.25) is 4.79 Å². The minimum Gasteiger partial charge on any atom is -0.490 e. The smallest absolute Gasteiger partial charge is 0.251 e. The summed E-state index contributed by atoms with van der Waals surface area (Å²) in [6.45, 7) is 5.40. The Morgan fingerprint density at radius 1 is 1.07 bits per heavy atom. The van der Waals surface area contributed by atoms with E-state index in [4.69, 9.17) is 9.47 Å². The van der Waals surface area contributed by atoms with Crippen LogP contribution in [0.3, 0.4) is 0 Å². The highest BCUT2D eigenvalue weighted by molar-refractivity contribution is 7.99. The lowest BCUT2D eigenvalue weighted by atomic mass is 10.2. The molecule has 0 bridgehead atoms. The van der Waals surface area contributed by atoms with Gasteiger partial charge in [0.1, 0.15) is 0 Å². The molecule has 3 rings (SSSR count). The second-order valence-corrected chi connectivity index (χ2v) is 7.18. The van der Waals surface area contributed by atoms with Crippen molar-refractivity contribution in [2.24, 2.45) is 0 Å². The summed E-state index contributed by atoms with van der Waals surface area (Å²) >= 11 is 1.57. The van der Waals surface area contributed by atoms with E-state index in [1.165, 1.54) is 0 Å². The molecule has 6 nitrogen and oxygen atoms in total. The number of rotatable bonds is 10. The Balaban J connectivity index is 1.50. The molecular weight excluding hydrogens is 386 g/mol. The Labute approximate surface area is 175 Å². The summed E-state index contributed by atoms with van der Waals surface area (Å²) in [5.41, 5.74) is 2.63. The number of ether oxygens (including phenoxy) is 2. The van der Waals surface area contributed by atoms with Gasteiger partial charge in [-0.05, 0) is 37.6 Å². The van der Waals surface area contributed by atoms with Gasteiger partial charge in [-0.15, -0.1) is 0 Å². The maximum absolute atomic E-state index is 12.4. The number of nitrogens with zero attached hydrogens (tertiary/aromatic N) is 1. The van der Waals surface area contributed by atoms with E-state index in [0.29, 0.717) is 42.6 Å². The fraction of sp³-hybridized carbons (Fsp3) is 0.273. The molecule has 0 radical (unpaired) electrons. The van der Waals surface area contributed by atoms with Crippen molar-refractivity contribution in [3.8, 4) is 22.8 Å². The molecule has 0 aliphatic carbocycles. The van der Waals surface area contributed by atoms with Crippen molar-refractivity contribution in [1.29, 1.82) is 0 Å². The highest BCUT2D eigenvalue weighted by Gasteiger charge is 2.11. The summed E-state index contributed by atoms with van der Waals surface area (Å²) in [6.07, 6.45) is 1.82. The lowest BCUT2D eigenvalue weighted by Gasteiger charge is -2.12. The summed E-state index contributed by atoms with van der Waals surface area (Å²) in [6, 6.07) is 15.3. The maximum atomic E-state index is 12.4. The van der Waals surface area contributed by atoms with Crippen LogP contribution in [-0.4, -0.2) is 41.4 Å². The van der Waals surface area contributed by atoms with Crippen molar-refractivity contribution in [1.82, 2.24) is 15.3 Å². The quantitative estimate of drug-likeness (QED) is 0.382. The van der Waals surface area contributed by atoms with Gasteiger partial charge < -0.3 is 19.8 Å². The third kappa shape index (κ3) is 5.77. The lowest BCUT2D eigenvalue weighted by molar-refractivity contribution is 0.0955. The topological polar surface area (TPSA) is 76.2 Å². The molecule has 0 atom stereocenters. The second kappa shape index (κ2) is 10.6. The van der Waals surface area contributed by atoms with E-state index in [2.05, 4.69) is 15.3 Å². The first-order chi connectivity index (χ1) is 14.2. The molecule has 2 aromatic carbocycles. The Morgan fingerprint density at radius 3 is 2.59 bits per heavy atom. The molecule has 0 aliphatic rings. The Bertz CT molecular complexity index is 928. The lowest BCUT2D eigenvalue weighted by Crippen LogP contribution is -2.25. The summed E-state index contributed by atoms with van der Waals surface area (Å²) in [5, 5.41) is 3.76. The Hall–Kier alpha value is -2.93. The van der Waals surface area contributed by atoms with Gasteiger partial charge >= 0.3 is 0 Å². The van der Waals surface area contributed by atoms with E-state index < -0.39 is 0 Å². The molecule has 1 amide bonds. The summed E-state index contributed by atoms with van der Waals surface area (Å²) < 4.78 is 11.1. The number of hydrogen-bond donors (Lipinski definition) is 2. The Kier molecular flexibility index (Phi) is 7.58. The van der Waals surface area contributed by atoms with Crippen molar-refractivity contribution in [3.63, 3.8) is 0 Å². The van der Waals surface area contributed by atoms with Crippen molar-refractivity contribution in [3.05, 3.63) is 60.3 Å². The SMILES string of the molecule is CCOc1ccc(C(=O)NCCSc2ncc(-c3ccccc3)[nH]2)cc1OCC. The fourth-order valence-corrected chi connectivity index (χ4v) is 3.45. The zero-order valence-corrected chi connectivity index (χ0v) is 17.4. The van der Waals surface area contributed by atoms with Crippen molar-refractivity contribution in [2.45, 2.75) is 19.0 Å². The third-order valence-corrected chi connectivity index (χ3v) is 4.96. The molecule has 0 fully saturated rings. The first-order valence-electron chi connectivity index (χ1n) is 9.62. The van der Waals surface area contributed by atoms with Crippen LogP contribution in [0, 0.1) is 0 Å². The molecule has 3 aromatic rings. The van der Waals surface area contributed by atoms with Crippen LogP contribution in [0.2, 0.25) is 0 Å². The van der Waals surface area contributed by atoms with Gasteiger partial charge in [-0.1, -0.05) is 42.1 Å². The van der Waals surface area contributed by atoms with Gasteiger partial charge in [-0.2, -0.15) is 0 Å². The molecule has 1 aromatic heterocycles. The summed E-state index contributed by atoms with van der Waals surface area (Å²) in [7, 11) is 0.